The summed E-state index contributed by atoms with van der Waals surface area (Å²) in [6.45, 7) is 6.72. The van der Waals surface area contributed by atoms with Crippen LogP contribution >= 0.6 is 0 Å². The summed E-state index contributed by atoms with van der Waals surface area (Å²) in [7, 11) is 0. The van der Waals surface area contributed by atoms with Gasteiger partial charge < -0.3 is 1.43 Å². The van der Waals surface area contributed by atoms with Crippen LogP contribution in [-0.4, -0.2) is 0 Å². The van der Waals surface area contributed by atoms with E-state index < -0.39 is 0 Å². The van der Waals surface area contributed by atoms with Gasteiger partial charge in [0, 0.05) is 0 Å². The largest absolute Gasteiger partial charge is 1.00 e. The van der Waals surface area contributed by atoms with Crippen LogP contribution in [0.3, 0.4) is 0 Å². The number of hydrogen-bond acceptors (Lipinski definition) is 0. The van der Waals surface area contributed by atoms with Crippen LogP contribution in [0.25, 0.3) is 32.3 Å². The summed E-state index contributed by atoms with van der Waals surface area (Å²) in [4.78, 5) is 0. The average Bonchev–Trinajstić information content (AvgIpc) is 2.45. The van der Waals surface area contributed by atoms with Gasteiger partial charge in [0.25, 0.3) is 0 Å². The second-order valence-electron chi connectivity index (χ2n) is 5.56. The van der Waals surface area contributed by atoms with Crippen molar-refractivity contribution in [2.75, 3.05) is 0 Å². The van der Waals surface area contributed by atoms with Crippen molar-refractivity contribution in [1.82, 2.24) is 0 Å². The number of hydrogen-bond donors (Lipinski definition) is 0. The van der Waals surface area contributed by atoms with Crippen molar-refractivity contribution in [3.05, 3.63) is 59.2 Å². The van der Waals surface area contributed by atoms with E-state index in [-0.39, 0.29) is 20.3 Å². The third-order valence-corrected chi connectivity index (χ3v) is 4.71. The molecule has 0 fully saturated rings. The molecular formula is C19H17Li. The van der Waals surface area contributed by atoms with E-state index in [9.17, 15) is 0 Å². The van der Waals surface area contributed by atoms with Crippen LogP contribution in [0.4, 0.5) is 0 Å². The summed E-state index contributed by atoms with van der Waals surface area (Å²) in [6.07, 6.45) is 0. The number of rotatable bonds is 0. The first kappa shape index (κ1) is 13.5. The van der Waals surface area contributed by atoms with Crippen molar-refractivity contribution in [2.45, 2.75) is 20.8 Å². The Labute approximate surface area is 132 Å². The van der Waals surface area contributed by atoms with Gasteiger partial charge in [-0.25, -0.2) is 0 Å². The Kier molecular flexibility index (Phi) is 3.05. The van der Waals surface area contributed by atoms with E-state index in [1.165, 1.54) is 49.0 Å². The number of benzene rings is 4. The first-order chi connectivity index (χ1) is 9.18. The molecular weight excluding hydrogens is 235 g/mol. The van der Waals surface area contributed by atoms with E-state index in [4.69, 9.17) is 0 Å². The van der Waals surface area contributed by atoms with Gasteiger partial charge in [0.1, 0.15) is 0 Å². The maximum atomic E-state index is 2.28. The minimum absolute atomic E-state index is 0. The van der Waals surface area contributed by atoms with Crippen molar-refractivity contribution in [3.8, 4) is 0 Å². The zero-order chi connectivity index (χ0) is 13.1. The minimum Gasteiger partial charge on any atom is -1.00 e. The molecule has 0 aromatic heterocycles. The molecule has 1 heteroatoms. The zero-order valence-corrected chi connectivity index (χ0v) is 12.5. The van der Waals surface area contributed by atoms with Gasteiger partial charge in [0.2, 0.25) is 0 Å². The van der Waals surface area contributed by atoms with Crippen LogP contribution in [0.5, 0.6) is 0 Å². The summed E-state index contributed by atoms with van der Waals surface area (Å²) in [5, 5.41) is 8.36. The average molecular weight is 252 g/mol. The molecule has 0 bridgehead atoms. The Bertz CT molecular complexity index is 871. The molecule has 0 aliphatic rings. The Morgan fingerprint density at radius 1 is 0.600 bits per heavy atom. The number of aryl methyl sites for hydroxylation is 2. The van der Waals surface area contributed by atoms with Gasteiger partial charge in [0.05, 0.1) is 0 Å². The standard InChI is InChI=1S/C19H16.Li.H/c1-11-12(2)16-9-7-14-5-4-6-15-8-10-17(13(11)3)19(16)18(14)15;;/h4-10H,1-3H3;;/q;+1;-1. The Morgan fingerprint density at radius 3 is 1.60 bits per heavy atom. The van der Waals surface area contributed by atoms with Crippen molar-refractivity contribution in [2.24, 2.45) is 0 Å². The van der Waals surface area contributed by atoms with E-state index in [0.717, 1.165) is 0 Å². The molecule has 4 rings (SSSR count). The van der Waals surface area contributed by atoms with Gasteiger partial charge in [0.15, 0.2) is 0 Å². The molecule has 0 spiro atoms. The second-order valence-corrected chi connectivity index (χ2v) is 5.56. The molecule has 0 radical (unpaired) electrons. The molecule has 0 amide bonds. The predicted molar refractivity (Wildman–Crippen MR) is 85.5 cm³/mol. The Balaban J connectivity index is 0.000000807. The summed E-state index contributed by atoms with van der Waals surface area (Å²) in [5.74, 6) is 0. The fraction of sp³-hybridized carbons (Fsp3) is 0.158. The third kappa shape index (κ3) is 1.56. The molecule has 0 unspecified atom stereocenters. The molecule has 0 N–H and O–H groups in total. The smallest absolute Gasteiger partial charge is 1.00 e. The van der Waals surface area contributed by atoms with Crippen LogP contribution in [0.2, 0.25) is 0 Å². The van der Waals surface area contributed by atoms with E-state index >= 15 is 0 Å². The topological polar surface area (TPSA) is 0 Å². The molecule has 0 heterocycles. The molecule has 0 aliphatic heterocycles. The summed E-state index contributed by atoms with van der Waals surface area (Å²) < 4.78 is 0. The van der Waals surface area contributed by atoms with Gasteiger partial charge in [-0.05, 0) is 69.8 Å². The van der Waals surface area contributed by atoms with Gasteiger partial charge in [-0.15, -0.1) is 0 Å². The van der Waals surface area contributed by atoms with Crippen LogP contribution in [0, 0.1) is 20.8 Å². The van der Waals surface area contributed by atoms with E-state index in [2.05, 4.69) is 63.2 Å². The molecule has 94 valence electrons. The van der Waals surface area contributed by atoms with Gasteiger partial charge >= 0.3 is 18.9 Å². The van der Waals surface area contributed by atoms with Crippen molar-refractivity contribution >= 4 is 32.3 Å². The molecule has 4 aromatic carbocycles. The summed E-state index contributed by atoms with van der Waals surface area (Å²) in [6, 6.07) is 15.7. The van der Waals surface area contributed by atoms with E-state index in [1.54, 1.807) is 0 Å². The minimum atomic E-state index is 0. The predicted octanol–water partition coefficient (Wildman–Crippen LogP) is 2.63. The van der Waals surface area contributed by atoms with Gasteiger partial charge in [-0.1, -0.05) is 42.5 Å². The first-order valence-electron chi connectivity index (χ1n) is 6.82. The summed E-state index contributed by atoms with van der Waals surface area (Å²) in [5.41, 5.74) is 4.26. The third-order valence-electron chi connectivity index (χ3n) is 4.71. The zero-order valence-electron chi connectivity index (χ0n) is 13.5. The quantitative estimate of drug-likeness (QED) is 0.333. The fourth-order valence-electron chi connectivity index (χ4n) is 3.39. The fourth-order valence-corrected chi connectivity index (χ4v) is 3.39. The van der Waals surface area contributed by atoms with Crippen molar-refractivity contribution in [3.63, 3.8) is 0 Å². The molecule has 4 aromatic rings. The van der Waals surface area contributed by atoms with Crippen LogP contribution in [0.1, 0.15) is 18.1 Å². The molecule has 0 aliphatic carbocycles. The van der Waals surface area contributed by atoms with Crippen molar-refractivity contribution < 1.29 is 20.3 Å². The molecule has 0 saturated heterocycles. The van der Waals surface area contributed by atoms with Crippen molar-refractivity contribution in [1.29, 1.82) is 0 Å². The van der Waals surface area contributed by atoms with Gasteiger partial charge in [-0.3, -0.25) is 0 Å². The van der Waals surface area contributed by atoms with E-state index in [0.29, 0.717) is 0 Å². The van der Waals surface area contributed by atoms with E-state index in [1.807, 2.05) is 0 Å². The Hall–Kier alpha value is -1.48. The van der Waals surface area contributed by atoms with Crippen LogP contribution < -0.4 is 18.9 Å². The Morgan fingerprint density at radius 2 is 1.10 bits per heavy atom. The van der Waals surface area contributed by atoms with Crippen LogP contribution in [-0.2, 0) is 0 Å². The summed E-state index contributed by atoms with van der Waals surface area (Å²) >= 11 is 0. The molecule has 0 atom stereocenters. The molecule has 0 nitrogen and oxygen atoms in total. The monoisotopic (exact) mass is 252 g/mol. The first-order valence-corrected chi connectivity index (χ1v) is 6.82. The maximum Gasteiger partial charge on any atom is 1.00 e. The van der Waals surface area contributed by atoms with Crippen LogP contribution in [0.15, 0.2) is 42.5 Å². The second kappa shape index (κ2) is 4.52. The molecule has 0 saturated carbocycles. The maximum absolute atomic E-state index is 2.28. The van der Waals surface area contributed by atoms with Gasteiger partial charge in [-0.2, -0.15) is 0 Å². The normalized spacial score (nSPS) is 11.3. The molecule has 20 heavy (non-hydrogen) atoms. The SMILES string of the molecule is Cc1c(C)c2ccc3cccc4ccc(c1C)c2c34.[H-].[Li+].